The highest BCUT2D eigenvalue weighted by Gasteiger charge is 2.22. The molecule has 3 amide bonds. The van der Waals surface area contributed by atoms with Crippen LogP contribution in [0.3, 0.4) is 0 Å². The van der Waals surface area contributed by atoms with Gasteiger partial charge in [0, 0.05) is 0 Å². The summed E-state index contributed by atoms with van der Waals surface area (Å²) < 4.78 is 5.04. The van der Waals surface area contributed by atoms with Crippen LogP contribution in [0.15, 0.2) is 30.3 Å². The number of carbonyl (C=O) groups excluding carboxylic acids is 3. The van der Waals surface area contributed by atoms with Crippen LogP contribution in [-0.2, 0) is 20.9 Å². The van der Waals surface area contributed by atoms with Crippen molar-refractivity contribution in [2.75, 3.05) is 12.0 Å². The Morgan fingerprint density at radius 3 is 2.46 bits per heavy atom. The van der Waals surface area contributed by atoms with Crippen LogP contribution in [-0.4, -0.2) is 42.0 Å². The normalized spacial score (nSPS) is 12.8. The number of ether oxygens (including phenoxy) is 1. The van der Waals surface area contributed by atoms with Crippen molar-refractivity contribution >= 4 is 29.7 Å². The van der Waals surface area contributed by atoms with Crippen LogP contribution in [0.4, 0.5) is 4.79 Å². The fraction of sp³-hybridized carbons (Fsp3) is 0.438. The van der Waals surface area contributed by atoms with Gasteiger partial charge in [0.25, 0.3) is 0 Å². The van der Waals surface area contributed by atoms with Gasteiger partial charge in [-0.3, -0.25) is 9.59 Å². The maximum absolute atomic E-state index is 12.0. The predicted molar refractivity (Wildman–Crippen MR) is 93.3 cm³/mol. The molecule has 24 heavy (non-hydrogen) atoms. The second-order valence-corrected chi connectivity index (χ2v) is 6.16. The van der Waals surface area contributed by atoms with Crippen molar-refractivity contribution in [2.24, 2.45) is 5.73 Å². The largest absolute Gasteiger partial charge is 0.445 e. The van der Waals surface area contributed by atoms with Crippen LogP contribution >= 0.6 is 11.8 Å². The molecule has 0 unspecified atom stereocenters. The second kappa shape index (κ2) is 10.5. The van der Waals surface area contributed by atoms with Gasteiger partial charge < -0.3 is 21.1 Å². The third kappa shape index (κ3) is 7.36. The average molecular weight is 353 g/mol. The molecule has 1 rings (SSSR count). The van der Waals surface area contributed by atoms with Crippen molar-refractivity contribution in [1.82, 2.24) is 10.6 Å². The van der Waals surface area contributed by atoms with E-state index in [1.165, 1.54) is 6.92 Å². The molecule has 0 saturated carbocycles. The molecule has 0 saturated heterocycles. The van der Waals surface area contributed by atoms with Crippen molar-refractivity contribution in [2.45, 2.75) is 32.0 Å². The van der Waals surface area contributed by atoms with Crippen molar-refractivity contribution in [3.05, 3.63) is 35.9 Å². The predicted octanol–water partition coefficient (Wildman–Crippen LogP) is 1.02. The van der Waals surface area contributed by atoms with Crippen LogP contribution in [0.2, 0.25) is 0 Å². The molecule has 0 aromatic heterocycles. The van der Waals surface area contributed by atoms with Gasteiger partial charge in [-0.2, -0.15) is 11.8 Å². The molecule has 0 radical (unpaired) electrons. The van der Waals surface area contributed by atoms with E-state index in [4.69, 9.17) is 10.5 Å². The Kier molecular flexibility index (Phi) is 8.70. The molecule has 0 fully saturated rings. The van der Waals surface area contributed by atoms with Gasteiger partial charge in [-0.25, -0.2) is 4.79 Å². The lowest BCUT2D eigenvalue weighted by molar-refractivity contribution is -0.128. The summed E-state index contributed by atoms with van der Waals surface area (Å²) in [7, 11) is 0. The quantitative estimate of drug-likeness (QED) is 0.614. The number of alkyl carbamates (subject to hydrolysis) is 1. The molecule has 132 valence electrons. The summed E-state index contributed by atoms with van der Waals surface area (Å²) in [6.45, 7) is 1.62. The number of thioether (sulfide) groups is 1. The van der Waals surface area contributed by atoms with Crippen LogP contribution in [0.5, 0.6) is 0 Å². The van der Waals surface area contributed by atoms with Gasteiger partial charge in [-0.05, 0) is 30.9 Å². The van der Waals surface area contributed by atoms with E-state index in [1.807, 2.05) is 36.6 Å². The molecule has 0 spiro atoms. The molecular weight excluding hydrogens is 330 g/mol. The van der Waals surface area contributed by atoms with Gasteiger partial charge in [-0.1, -0.05) is 30.3 Å². The highest BCUT2D eigenvalue weighted by Crippen LogP contribution is 2.02. The number of amides is 3. The van der Waals surface area contributed by atoms with Gasteiger partial charge >= 0.3 is 6.09 Å². The van der Waals surface area contributed by atoms with Gasteiger partial charge in [0.1, 0.15) is 18.7 Å². The van der Waals surface area contributed by atoms with Gasteiger partial charge in [0.05, 0.1) is 0 Å². The molecule has 2 atom stereocenters. The standard InChI is InChI=1S/C16H23N3O4S/c1-11(15(21)19-13(14(17)20)8-9-24-2)18-16(22)23-10-12-6-4-3-5-7-12/h3-7,11,13H,8-10H2,1-2H3,(H2,17,20)(H,18,22)(H,19,21)/t11-,13-/m1/s1. The number of hydrogen-bond acceptors (Lipinski definition) is 5. The van der Waals surface area contributed by atoms with Gasteiger partial charge in [0.2, 0.25) is 11.8 Å². The lowest BCUT2D eigenvalue weighted by Gasteiger charge is -2.19. The van der Waals surface area contributed by atoms with Crippen LogP contribution < -0.4 is 16.4 Å². The lowest BCUT2D eigenvalue weighted by atomic mass is 10.2. The molecular formula is C16H23N3O4S. The Bertz CT molecular complexity index is 554. The fourth-order valence-corrected chi connectivity index (χ4v) is 2.30. The maximum Gasteiger partial charge on any atom is 0.408 e. The van der Waals surface area contributed by atoms with Crippen LogP contribution in [0.25, 0.3) is 0 Å². The Morgan fingerprint density at radius 1 is 1.21 bits per heavy atom. The van der Waals surface area contributed by atoms with Crippen LogP contribution in [0.1, 0.15) is 18.9 Å². The van der Waals surface area contributed by atoms with E-state index in [1.54, 1.807) is 11.8 Å². The van der Waals surface area contributed by atoms with Crippen LogP contribution in [0, 0.1) is 0 Å². The van der Waals surface area contributed by atoms with E-state index in [9.17, 15) is 14.4 Å². The zero-order valence-corrected chi connectivity index (χ0v) is 14.6. The number of rotatable bonds is 9. The molecule has 1 aromatic rings. The summed E-state index contributed by atoms with van der Waals surface area (Å²) in [6.07, 6.45) is 1.63. The van der Waals surface area contributed by atoms with E-state index in [0.29, 0.717) is 12.2 Å². The Balaban J connectivity index is 2.41. The van der Waals surface area contributed by atoms with Gasteiger partial charge in [-0.15, -0.1) is 0 Å². The highest BCUT2D eigenvalue weighted by molar-refractivity contribution is 7.98. The summed E-state index contributed by atoms with van der Waals surface area (Å²) in [6, 6.07) is 7.59. The topological polar surface area (TPSA) is 111 Å². The minimum absolute atomic E-state index is 0.110. The SMILES string of the molecule is CSCC[C@@H](NC(=O)[C@@H](C)NC(=O)OCc1ccccc1)C(N)=O. The number of nitrogens with one attached hydrogen (secondary N) is 2. The zero-order valence-electron chi connectivity index (χ0n) is 13.8. The molecule has 7 nitrogen and oxygen atoms in total. The highest BCUT2D eigenvalue weighted by atomic mass is 32.2. The second-order valence-electron chi connectivity index (χ2n) is 5.17. The first-order valence-electron chi connectivity index (χ1n) is 7.50. The number of hydrogen-bond donors (Lipinski definition) is 3. The number of primary amides is 1. The van der Waals surface area contributed by atoms with Gasteiger partial charge in [0.15, 0.2) is 0 Å². The van der Waals surface area contributed by atoms with E-state index in [2.05, 4.69) is 10.6 Å². The Labute approximate surface area is 145 Å². The third-order valence-electron chi connectivity index (χ3n) is 3.21. The molecule has 0 bridgehead atoms. The molecule has 0 heterocycles. The number of nitrogens with two attached hydrogens (primary N) is 1. The summed E-state index contributed by atoms with van der Waals surface area (Å²) in [5.74, 6) is -0.401. The number of carbonyl (C=O) groups is 3. The van der Waals surface area contributed by atoms with Crippen molar-refractivity contribution in [3.8, 4) is 0 Å². The summed E-state index contributed by atoms with van der Waals surface area (Å²) >= 11 is 1.55. The first kappa shape index (κ1) is 19.8. The molecule has 4 N–H and O–H groups in total. The number of benzene rings is 1. The molecule has 1 aromatic carbocycles. The maximum atomic E-state index is 12.0. The minimum atomic E-state index is -0.843. The first-order valence-corrected chi connectivity index (χ1v) is 8.89. The van der Waals surface area contributed by atoms with E-state index >= 15 is 0 Å². The molecule has 0 aliphatic heterocycles. The smallest absolute Gasteiger partial charge is 0.408 e. The monoisotopic (exact) mass is 353 g/mol. The fourth-order valence-electron chi connectivity index (χ4n) is 1.83. The minimum Gasteiger partial charge on any atom is -0.445 e. The molecule has 8 heteroatoms. The Morgan fingerprint density at radius 2 is 1.88 bits per heavy atom. The van der Waals surface area contributed by atoms with Crippen molar-refractivity contribution in [1.29, 1.82) is 0 Å². The summed E-state index contributed by atoms with van der Waals surface area (Å²) in [5, 5.41) is 4.95. The molecule has 0 aliphatic rings. The van der Waals surface area contributed by atoms with E-state index in [-0.39, 0.29) is 6.61 Å². The summed E-state index contributed by atoms with van der Waals surface area (Å²) in [4.78, 5) is 35.1. The van der Waals surface area contributed by atoms with Crippen molar-refractivity contribution < 1.29 is 19.1 Å². The average Bonchev–Trinajstić information content (AvgIpc) is 2.57. The third-order valence-corrected chi connectivity index (χ3v) is 3.85. The Hall–Kier alpha value is -2.22. The summed E-state index contributed by atoms with van der Waals surface area (Å²) in [5.41, 5.74) is 6.11. The zero-order chi connectivity index (χ0) is 17.9. The van der Waals surface area contributed by atoms with Crippen molar-refractivity contribution in [3.63, 3.8) is 0 Å². The first-order chi connectivity index (χ1) is 11.4. The van der Waals surface area contributed by atoms with E-state index < -0.39 is 30.0 Å². The van der Waals surface area contributed by atoms with E-state index in [0.717, 1.165) is 5.56 Å². The lowest BCUT2D eigenvalue weighted by Crippen LogP contribution is -2.52. The molecule has 0 aliphatic carbocycles.